The fourth-order valence-corrected chi connectivity index (χ4v) is 7.48. The highest BCUT2D eigenvalue weighted by Crippen LogP contribution is 2.45. The van der Waals surface area contributed by atoms with Crippen LogP contribution in [0.3, 0.4) is 0 Å². The predicted octanol–water partition coefficient (Wildman–Crippen LogP) is 2.70. The molecule has 14 heteroatoms. The molecule has 1 aliphatic heterocycles. The lowest BCUT2D eigenvalue weighted by Crippen LogP contribution is -2.59. The number of nitrogens with one attached hydrogen (secondary N) is 2. The maximum absolute atomic E-state index is 14.1. The molecule has 0 spiro atoms. The van der Waals surface area contributed by atoms with E-state index < -0.39 is 68.1 Å². The van der Waals surface area contributed by atoms with Crippen LogP contribution in [0.2, 0.25) is 0 Å². The summed E-state index contributed by atoms with van der Waals surface area (Å²) in [6.07, 6.45) is 2.00. The monoisotopic (exact) mass is 690 g/mol. The molecule has 5 atom stereocenters. The van der Waals surface area contributed by atoms with E-state index in [1.54, 1.807) is 25.3 Å². The van der Waals surface area contributed by atoms with Crippen molar-refractivity contribution in [2.75, 3.05) is 13.7 Å². The van der Waals surface area contributed by atoms with Gasteiger partial charge in [-0.3, -0.25) is 19.1 Å². The zero-order chi connectivity index (χ0) is 35.3. The molecule has 1 aromatic heterocycles. The summed E-state index contributed by atoms with van der Waals surface area (Å²) in [6, 6.07) is 12.8. The Morgan fingerprint density at radius 2 is 1.84 bits per heavy atom. The van der Waals surface area contributed by atoms with E-state index in [4.69, 9.17) is 25.2 Å². The van der Waals surface area contributed by atoms with Crippen LogP contribution in [0.1, 0.15) is 46.5 Å². The average molecular weight is 691 g/mol. The first-order valence-electron chi connectivity index (χ1n) is 16.3. The number of rotatable bonds is 11. The van der Waals surface area contributed by atoms with Gasteiger partial charge < -0.3 is 25.4 Å². The smallest absolute Gasteiger partial charge is 0.259 e. The number of fused-ring (bicyclic) bond motifs is 1. The molecule has 0 radical (unpaired) electrons. The highest BCUT2D eigenvalue weighted by molar-refractivity contribution is 7.91. The van der Waals surface area contributed by atoms with Crippen LogP contribution in [0.4, 0.5) is 0 Å². The van der Waals surface area contributed by atoms with E-state index in [1.807, 2.05) is 51.1 Å². The van der Waals surface area contributed by atoms with E-state index >= 15 is 0 Å². The van der Waals surface area contributed by atoms with E-state index in [-0.39, 0.29) is 25.3 Å². The first-order valence-corrected chi connectivity index (χ1v) is 17.9. The van der Waals surface area contributed by atoms with Gasteiger partial charge in [0.15, 0.2) is 5.82 Å². The summed E-state index contributed by atoms with van der Waals surface area (Å²) >= 11 is 0. The SMILES string of the molecule is C=C[C@@H]1C[C@]1(NC(=O)C1C[C@@H](Oc2nc(-c3ccccc3)nc3ccc(OC)cc23)CN1C(=O)[C@@H](N)C(C)(C)C)C(=O)NS(=O)(=O)C1CC1. The molecule has 3 aliphatic rings. The molecule has 1 saturated heterocycles. The lowest BCUT2D eigenvalue weighted by molar-refractivity contribution is -0.142. The topological polar surface area (TPSA) is 183 Å². The minimum absolute atomic E-state index is 0.0109. The van der Waals surface area contributed by atoms with Crippen LogP contribution in [-0.2, 0) is 24.4 Å². The highest BCUT2D eigenvalue weighted by Gasteiger charge is 2.62. The minimum Gasteiger partial charge on any atom is -0.497 e. The molecule has 260 valence electrons. The van der Waals surface area contributed by atoms with Gasteiger partial charge in [-0.1, -0.05) is 57.2 Å². The lowest BCUT2D eigenvalue weighted by Gasteiger charge is -2.33. The maximum Gasteiger partial charge on any atom is 0.259 e. The summed E-state index contributed by atoms with van der Waals surface area (Å²) in [5, 5.41) is 2.75. The molecule has 3 amide bonds. The number of amides is 3. The molecule has 0 bridgehead atoms. The van der Waals surface area contributed by atoms with E-state index in [0.29, 0.717) is 35.3 Å². The Balaban J connectivity index is 1.31. The summed E-state index contributed by atoms with van der Waals surface area (Å²) in [4.78, 5) is 52.2. The van der Waals surface area contributed by atoms with Gasteiger partial charge in [0.25, 0.3) is 5.91 Å². The van der Waals surface area contributed by atoms with Gasteiger partial charge in [0, 0.05) is 17.9 Å². The Labute approximate surface area is 285 Å². The molecule has 4 N–H and O–H groups in total. The fraction of sp³-hybridized carbons (Fsp3) is 0.457. The third kappa shape index (κ3) is 6.84. The van der Waals surface area contributed by atoms with Crippen LogP contribution in [0.15, 0.2) is 61.2 Å². The molecule has 2 heterocycles. The molecular weight excluding hydrogens is 648 g/mol. The van der Waals surface area contributed by atoms with Gasteiger partial charge in [0.05, 0.1) is 35.8 Å². The first kappa shape index (κ1) is 34.3. The molecule has 6 rings (SSSR count). The van der Waals surface area contributed by atoms with Crippen molar-refractivity contribution in [1.82, 2.24) is 24.9 Å². The second-order valence-corrected chi connectivity index (χ2v) is 16.1. The number of nitrogens with two attached hydrogens (primary N) is 1. The van der Waals surface area contributed by atoms with Crippen molar-refractivity contribution in [2.45, 2.75) is 75.4 Å². The second-order valence-electron chi connectivity index (χ2n) is 14.1. The Morgan fingerprint density at radius 1 is 1.12 bits per heavy atom. The molecule has 3 aromatic rings. The third-order valence-corrected chi connectivity index (χ3v) is 11.3. The second kappa shape index (κ2) is 12.7. The van der Waals surface area contributed by atoms with Gasteiger partial charge in [-0.25, -0.2) is 13.4 Å². The van der Waals surface area contributed by atoms with E-state index in [2.05, 4.69) is 16.6 Å². The Bertz CT molecular complexity index is 1910. The minimum atomic E-state index is -3.87. The van der Waals surface area contributed by atoms with Crippen molar-refractivity contribution in [2.24, 2.45) is 17.1 Å². The maximum atomic E-state index is 14.1. The van der Waals surface area contributed by atoms with Crippen molar-refractivity contribution < 1.29 is 32.3 Å². The number of methoxy groups -OCH3 is 1. The molecule has 2 aromatic carbocycles. The zero-order valence-corrected chi connectivity index (χ0v) is 28.8. The molecule has 2 saturated carbocycles. The van der Waals surface area contributed by atoms with Gasteiger partial charge in [0.2, 0.25) is 27.7 Å². The first-order chi connectivity index (χ1) is 23.2. The Kier molecular flexibility index (Phi) is 8.90. The number of likely N-dealkylation sites (tertiary alicyclic amines) is 1. The number of ether oxygens (including phenoxy) is 2. The molecule has 3 fully saturated rings. The van der Waals surface area contributed by atoms with Crippen LogP contribution >= 0.6 is 0 Å². The summed E-state index contributed by atoms with van der Waals surface area (Å²) < 4.78 is 39.4. The number of carbonyl (C=O) groups excluding carboxylic acids is 3. The van der Waals surface area contributed by atoms with Crippen LogP contribution in [0, 0.1) is 11.3 Å². The van der Waals surface area contributed by atoms with Gasteiger partial charge in [-0.15, -0.1) is 6.58 Å². The number of carbonyl (C=O) groups is 3. The normalized spacial score (nSPS) is 24.2. The Morgan fingerprint density at radius 3 is 2.45 bits per heavy atom. The molecular formula is C35H42N6O7S. The Hall–Kier alpha value is -4.56. The van der Waals surface area contributed by atoms with Crippen molar-refractivity contribution in [3.63, 3.8) is 0 Å². The number of sulfonamides is 1. The van der Waals surface area contributed by atoms with E-state index in [1.165, 1.54) is 11.0 Å². The zero-order valence-electron chi connectivity index (χ0n) is 28.0. The van der Waals surface area contributed by atoms with Crippen molar-refractivity contribution in [3.05, 3.63) is 61.2 Å². The fourth-order valence-electron chi connectivity index (χ4n) is 6.11. The highest BCUT2D eigenvalue weighted by atomic mass is 32.2. The predicted molar refractivity (Wildman–Crippen MR) is 183 cm³/mol. The standard InChI is InChI=1S/C35H42N6O7S/c1-6-21-18-35(21,33(44)40-49(45,46)24-13-14-24)39-30(42)27-17-23(19-41(27)32(43)28(36)34(2,3)4)48-31-25-16-22(47-5)12-15-26(25)37-29(38-31)20-10-8-7-9-11-20/h6-12,15-16,21,23-24,27-28H,1,13-14,17-19,36H2,2-5H3,(H,39,42)(H,40,44)/t21-,23-,27?,28-,35-/m1/s1. The number of aromatic nitrogens is 2. The van der Waals surface area contributed by atoms with Crippen LogP contribution in [0.25, 0.3) is 22.3 Å². The van der Waals surface area contributed by atoms with E-state index in [0.717, 1.165) is 5.56 Å². The van der Waals surface area contributed by atoms with Crippen LogP contribution in [0.5, 0.6) is 11.6 Å². The molecule has 49 heavy (non-hydrogen) atoms. The number of nitrogens with zero attached hydrogens (tertiary/aromatic N) is 3. The summed E-state index contributed by atoms with van der Waals surface area (Å²) in [5.41, 5.74) is 5.67. The molecule has 13 nitrogen and oxygen atoms in total. The largest absolute Gasteiger partial charge is 0.497 e. The number of benzene rings is 2. The van der Waals surface area contributed by atoms with Crippen molar-refractivity contribution in [1.29, 1.82) is 0 Å². The third-order valence-electron chi connectivity index (χ3n) is 9.47. The van der Waals surface area contributed by atoms with Gasteiger partial charge in [0.1, 0.15) is 23.4 Å². The van der Waals surface area contributed by atoms with Crippen molar-refractivity contribution in [3.8, 4) is 23.0 Å². The van der Waals surface area contributed by atoms with Gasteiger partial charge >= 0.3 is 0 Å². The van der Waals surface area contributed by atoms with Crippen LogP contribution in [-0.4, -0.2) is 83.6 Å². The van der Waals surface area contributed by atoms with E-state index in [9.17, 15) is 22.8 Å². The summed E-state index contributed by atoms with van der Waals surface area (Å²) in [5.74, 6) is -1.13. The lowest BCUT2D eigenvalue weighted by atomic mass is 9.86. The van der Waals surface area contributed by atoms with Gasteiger partial charge in [-0.05, 0) is 42.9 Å². The summed E-state index contributed by atoms with van der Waals surface area (Å²) in [7, 11) is -2.32. The number of hydrogen-bond donors (Lipinski definition) is 3. The number of hydrogen-bond acceptors (Lipinski definition) is 10. The molecule has 2 aliphatic carbocycles. The summed E-state index contributed by atoms with van der Waals surface area (Å²) in [6.45, 7) is 9.27. The average Bonchev–Trinajstić information content (AvgIpc) is 4.00. The van der Waals surface area contributed by atoms with Crippen LogP contribution < -0.4 is 25.2 Å². The van der Waals surface area contributed by atoms with Gasteiger partial charge in [-0.2, -0.15) is 4.98 Å². The molecule has 1 unspecified atom stereocenters. The quantitative estimate of drug-likeness (QED) is 0.253. The van der Waals surface area contributed by atoms with Crippen molar-refractivity contribution >= 4 is 38.6 Å².